The molecule has 0 bridgehead atoms. The number of Topliss-reactive ketones (excluding diaryl/α,β-unsaturated/α-hetero) is 3. The molecule has 7 rings (SSSR count). The molecule has 4 aromatic rings. The summed E-state index contributed by atoms with van der Waals surface area (Å²) in [5, 5.41) is 1.86. The second kappa shape index (κ2) is 9.70. The van der Waals surface area contributed by atoms with E-state index in [1.54, 1.807) is 42.5 Å². The van der Waals surface area contributed by atoms with Crippen molar-refractivity contribution in [2.45, 2.75) is 18.0 Å². The number of carbonyl (C=O) groups is 3. The number of anilines is 1. The molecule has 1 aliphatic carbocycles. The van der Waals surface area contributed by atoms with Crippen molar-refractivity contribution in [3.63, 3.8) is 0 Å². The number of ketones is 3. The van der Waals surface area contributed by atoms with Crippen LogP contribution < -0.4 is 19.1 Å². The molecule has 1 spiro atoms. The fraction of sp³-hybridized carbons (Fsp3) is 0.206. The molecule has 1 saturated heterocycles. The summed E-state index contributed by atoms with van der Waals surface area (Å²) >= 11 is 1.34. The number of para-hydroxylation sites is 1. The van der Waals surface area contributed by atoms with Crippen LogP contribution in [0.25, 0.3) is 6.08 Å². The maximum absolute atomic E-state index is 14.8. The molecule has 2 aliphatic heterocycles. The first-order valence-corrected chi connectivity index (χ1v) is 14.5. The molecule has 1 fully saturated rings. The molecule has 3 heterocycles. The largest absolute Gasteiger partial charge is 0.493 e. The Morgan fingerprint density at radius 1 is 0.833 bits per heavy atom. The molecule has 3 aromatic carbocycles. The van der Waals surface area contributed by atoms with Gasteiger partial charge in [0.1, 0.15) is 11.5 Å². The van der Waals surface area contributed by atoms with Gasteiger partial charge in [0.05, 0.1) is 32.2 Å². The number of ether oxygens (including phenoxy) is 3. The minimum Gasteiger partial charge on any atom is -0.493 e. The molecular weight excluding hydrogens is 550 g/mol. The van der Waals surface area contributed by atoms with E-state index in [0.717, 1.165) is 11.3 Å². The van der Waals surface area contributed by atoms with Crippen LogP contribution in [0.4, 0.5) is 5.69 Å². The Balaban J connectivity index is 1.58. The first-order valence-electron chi connectivity index (χ1n) is 13.6. The Bertz CT molecular complexity index is 1730. The summed E-state index contributed by atoms with van der Waals surface area (Å²) < 4.78 is 17.0. The molecule has 0 radical (unpaired) electrons. The van der Waals surface area contributed by atoms with Gasteiger partial charge in [-0.3, -0.25) is 14.4 Å². The summed E-state index contributed by atoms with van der Waals surface area (Å²) in [6, 6.07) is 20.3. The van der Waals surface area contributed by atoms with E-state index < -0.39 is 23.4 Å². The molecule has 0 N–H and O–H groups in total. The highest BCUT2D eigenvalue weighted by Gasteiger charge is 2.71. The van der Waals surface area contributed by atoms with Crippen LogP contribution in [0.3, 0.4) is 0 Å². The smallest absolute Gasteiger partial charge is 0.203 e. The van der Waals surface area contributed by atoms with E-state index in [1.165, 1.54) is 32.7 Å². The van der Waals surface area contributed by atoms with Gasteiger partial charge in [0.25, 0.3) is 0 Å². The lowest BCUT2D eigenvalue weighted by molar-refractivity contribution is 0.0665. The average Bonchev–Trinajstić information content (AvgIpc) is 3.73. The number of benzene rings is 3. The summed E-state index contributed by atoms with van der Waals surface area (Å²) in [6.07, 6.45) is 3.86. The Morgan fingerprint density at radius 3 is 2.07 bits per heavy atom. The summed E-state index contributed by atoms with van der Waals surface area (Å²) in [5.74, 6) is -0.487. The third kappa shape index (κ3) is 3.35. The Labute approximate surface area is 247 Å². The third-order valence-electron chi connectivity index (χ3n) is 8.79. The van der Waals surface area contributed by atoms with Crippen LogP contribution in [0.2, 0.25) is 0 Å². The van der Waals surface area contributed by atoms with E-state index in [9.17, 15) is 14.4 Å². The number of fused-ring (bicyclic) bond motifs is 5. The van der Waals surface area contributed by atoms with Crippen LogP contribution in [-0.2, 0) is 0 Å². The van der Waals surface area contributed by atoms with E-state index >= 15 is 0 Å². The van der Waals surface area contributed by atoms with Gasteiger partial charge >= 0.3 is 0 Å². The van der Waals surface area contributed by atoms with Crippen molar-refractivity contribution in [1.82, 2.24) is 0 Å². The van der Waals surface area contributed by atoms with E-state index in [4.69, 9.17) is 14.2 Å². The second-order valence-corrected chi connectivity index (χ2v) is 11.5. The number of thiophene rings is 1. The van der Waals surface area contributed by atoms with Gasteiger partial charge in [0.15, 0.2) is 28.8 Å². The lowest BCUT2D eigenvalue weighted by Gasteiger charge is -2.37. The highest BCUT2D eigenvalue weighted by Crippen LogP contribution is 2.62. The van der Waals surface area contributed by atoms with Crippen molar-refractivity contribution >= 4 is 40.4 Å². The zero-order valence-electron chi connectivity index (χ0n) is 23.2. The summed E-state index contributed by atoms with van der Waals surface area (Å²) in [4.78, 5) is 46.8. The van der Waals surface area contributed by atoms with Gasteiger partial charge in [-0.2, -0.15) is 0 Å². The molecule has 0 unspecified atom stereocenters. The van der Waals surface area contributed by atoms with Crippen LogP contribution in [-0.4, -0.2) is 50.8 Å². The van der Waals surface area contributed by atoms with Crippen molar-refractivity contribution in [3.8, 4) is 17.2 Å². The van der Waals surface area contributed by atoms with Gasteiger partial charge in [-0.15, -0.1) is 11.3 Å². The van der Waals surface area contributed by atoms with Crippen LogP contribution in [0.1, 0.15) is 47.4 Å². The van der Waals surface area contributed by atoms with Gasteiger partial charge in [-0.05, 0) is 40.8 Å². The zero-order chi connectivity index (χ0) is 29.2. The molecule has 1 aromatic heterocycles. The van der Waals surface area contributed by atoms with Gasteiger partial charge in [0.2, 0.25) is 5.75 Å². The Hall–Kier alpha value is -4.69. The Kier molecular flexibility index (Phi) is 6.06. The number of hydrogen-bond acceptors (Lipinski definition) is 8. The monoisotopic (exact) mass is 577 g/mol. The van der Waals surface area contributed by atoms with Crippen molar-refractivity contribution < 1.29 is 28.6 Å². The molecule has 0 saturated carbocycles. The third-order valence-corrected chi connectivity index (χ3v) is 9.68. The SMILES string of the molecule is COc1cc([C@@H]2[C@H](C(=O)c3cccs3)N3c4ccccc4C=C[C@H]3C23C(=O)c2ccccc2C3=O)cc(OC)c1OC. The van der Waals surface area contributed by atoms with E-state index in [0.29, 0.717) is 38.8 Å². The maximum atomic E-state index is 14.8. The standard InChI is InChI=1S/C34H27NO6S/c1-39-24-17-20(18-25(40-2)31(24)41-3)28-29(30(36)26-13-8-16-42-26)35-23-12-7-4-9-19(23)14-15-27(35)34(28)32(37)21-10-5-6-11-22(21)33(34)38/h4-18,27-29H,1-3H3/t27-,28+,29+/m0/s1. The molecule has 7 nitrogen and oxygen atoms in total. The zero-order valence-corrected chi connectivity index (χ0v) is 24.0. The normalized spacial score (nSPS) is 21.2. The molecule has 3 atom stereocenters. The average molecular weight is 578 g/mol. The second-order valence-electron chi connectivity index (χ2n) is 10.6. The highest BCUT2D eigenvalue weighted by atomic mass is 32.1. The predicted octanol–water partition coefficient (Wildman–Crippen LogP) is 6.09. The van der Waals surface area contributed by atoms with E-state index in [2.05, 4.69) is 0 Å². The van der Waals surface area contributed by atoms with Gasteiger partial charge in [-0.1, -0.05) is 60.7 Å². The summed E-state index contributed by atoms with van der Waals surface area (Å²) in [6.45, 7) is 0. The quantitative estimate of drug-likeness (QED) is 0.203. The molecule has 0 amide bonds. The highest BCUT2D eigenvalue weighted by molar-refractivity contribution is 7.12. The Morgan fingerprint density at radius 2 is 1.48 bits per heavy atom. The van der Waals surface area contributed by atoms with Crippen molar-refractivity contribution in [3.05, 3.63) is 111 Å². The number of methoxy groups -OCH3 is 3. The summed E-state index contributed by atoms with van der Waals surface area (Å²) in [5.41, 5.74) is 1.41. The molecule has 210 valence electrons. The number of rotatable bonds is 6. The van der Waals surface area contributed by atoms with Gasteiger partial charge in [-0.25, -0.2) is 0 Å². The van der Waals surface area contributed by atoms with Crippen LogP contribution in [0, 0.1) is 5.41 Å². The van der Waals surface area contributed by atoms with E-state index in [-0.39, 0.29) is 17.3 Å². The molecule has 8 heteroatoms. The number of nitrogens with zero attached hydrogens (tertiary/aromatic N) is 1. The minimum absolute atomic E-state index is 0.160. The lowest BCUT2D eigenvalue weighted by atomic mass is 9.64. The van der Waals surface area contributed by atoms with E-state index in [1.807, 2.05) is 52.8 Å². The topological polar surface area (TPSA) is 82.1 Å². The lowest BCUT2D eigenvalue weighted by Crippen LogP contribution is -2.48. The van der Waals surface area contributed by atoms with Gasteiger partial charge in [0, 0.05) is 22.7 Å². The van der Waals surface area contributed by atoms with Gasteiger partial charge < -0.3 is 19.1 Å². The van der Waals surface area contributed by atoms with Crippen LogP contribution >= 0.6 is 11.3 Å². The first-order chi connectivity index (χ1) is 20.5. The number of carbonyl (C=O) groups excluding carboxylic acids is 3. The fourth-order valence-electron chi connectivity index (χ4n) is 7.14. The molecule has 42 heavy (non-hydrogen) atoms. The predicted molar refractivity (Wildman–Crippen MR) is 161 cm³/mol. The van der Waals surface area contributed by atoms with Crippen LogP contribution in [0.15, 0.2) is 84.3 Å². The first kappa shape index (κ1) is 26.2. The van der Waals surface area contributed by atoms with Crippen molar-refractivity contribution in [1.29, 1.82) is 0 Å². The van der Waals surface area contributed by atoms with Crippen molar-refractivity contribution in [2.24, 2.45) is 5.41 Å². The fourth-order valence-corrected chi connectivity index (χ4v) is 7.83. The summed E-state index contributed by atoms with van der Waals surface area (Å²) in [7, 11) is 4.55. The number of hydrogen-bond donors (Lipinski definition) is 0. The maximum Gasteiger partial charge on any atom is 0.203 e. The van der Waals surface area contributed by atoms with Crippen molar-refractivity contribution in [2.75, 3.05) is 26.2 Å². The molecular formula is C34H27NO6S. The van der Waals surface area contributed by atoms with Crippen LogP contribution in [0.5, 0.6) is 17.2 Å². The molecule has 3 aliphatic rings. The minimum atomic E-state index is -1.62.